The number of carboxylic acid groups (broad SMARTS) is 3. The second-order valence-corrected chi connectivity index (χ2v) is 7.62. The fraction of sp³-hybridized carbons (Fsp3) is 0.667. The molecule has 1 aliphatic rings. The van der Waals surface area contributed by atoms with Gasteiger partial charge < -0.3 is 36.6 Å². The zero-order valence-electron chi connectivity index (χ0n) is 17.2. The van der Waals surface area contributed by atoms with Gasteiger partial charge in [0.25, 0.3) is 0 Å². The Morgan fingerprint density at radius 3 is 2.03 bits per heavy atom. The molecular formula is C18H28N4O9. The first-order valence-corrected chi connectivity index (χ1v) is 9.68. The van der Waals surface area contributed by atoms with Gasteiger partial charge in [-0.05, 0) is 18.8 Å². The molecule has 0 radical (unpaired) electrons. The van der Waals surface area contributed by atoms with Crippen LogP contribution in [0.4, 0.5) is 0 Å². The third-order valence-corrected chi connectivity index (χ3v) is 4.79. The van der Waals surface area contributed by atoms with Gasteiger partial charge in [-0.25, -0.2) is 4.79 Å². The number of hydrogen-bond acceptors (Lipinski definition) is 7. The Morgan fingerprint density at radius 1 is 0.968 bits per heavy atom. The molecule has 4 atom stereocenters. The fourth-order valence-electron chi connectivity index (χ4n) is 3.18. The van der Waals surface area contributed by atoms with Crippen LogP contribution in [0.5, 0.6) is 0 Å². The number of hydrogen-bond donors (Lipinski definition) is 6. The summed E-state index contributed by atoms with van der Waals surface area (Å²) in [4.78, 5) is 72.0. The number of carbonyl (C=O) groups is 6. The third kappa shape index (κ3) is 7.51. The number of rotatable bonds is 11. The van der Waals surface area contributed by atoms with Gasteiger partial charge in [0.2, 0.25) is 17.7 Å². The van der Waals surface area contributed by atoms with Gasteiger partial charge in [-0.1, -0.05) is 13.8 Å². The Kier molecular flexibility index (Phi) is 9.37. The smallest absolute Gasteiger partial charge is 0.326 e. The lowest BCUT2D eigenvalue weighted by atomic mass is 10.0. The summed E-state index contributed by atoms with van der Waals surface area (Å²) in [6.07, 6.45) is -0.802. The van der Waals surface area contributed by atoms with Crippen molar-refractivity contribution >= 4 is 35.6 Å². The van der Waals surface area contributed by atoms with Crippen LogP contribution in [0.1, 0.15) is 39.5 Å². The Labute approximate surface area is 177 Å². The molecule has 0 aromatic carbocycles. The summed E-state index contributed by atoms with van der Waals surface area (Å²) in [5.41, 5.74) is 5.43. The quantitative estimate of drug-likeness (QED) is 0.205. The number of likely N-dealkylation sites (tertiary alicyclic amines) is 1. The van der Waals surface area contributed by atoms with Crippen molar-refractivity contribution in [1.29, 1.82) is 0 Å². The van der Waals surface area contributed by atoms with Crippen molar-refractivity contribution in [3.8, 4) is 0 Å². The van der Waals surface area contributed by atoms with Gasteiger partial charge in [0.15, 0.2) is 0 Å². The molecular weight excluding hydrogens is 416 g/mol. The van der Waals surface area contributed by atoms with E-state index in [0.29, 0.717) is 6.42 Å². The topological polar surface area (TPSA) is 216 Å². The minimum atomic E-state index is -1.62. The van der Waals surface area contributed by atoms with Gasteiger partial charge in [-0.15, -0.1) is 0 Å². The molecule has 0 spiro atoms. The van der Waals surface area contributed by atoms with E-state index in [2.05, 4.69) is 10.6 Å². The molecule has 31 heavy (non-hydrogen) atoms. The Morgan fingerprint density at radius 2 is 1.55 bits per heavy atom. The molecule has 174 valence electrons. The Hall–Kier alpha value is -3.22. The minimum Gasteiger partial charge on any atom is -0.481 e. The van der Waals surface area contributed by atoms with Crippen LogP contribution >= 0.6 is 0 Å². The number of aliphatic carboxylic acids is 3. The number of carbonyl (C=O) groups excluding carboxylic acids is 3. The molecule has 13 nitrogen and oxygen atoms in total. The highest BCUT2D eigenvalue weighted by Crippen LogP contribution is 2.20. The van der Waals surface area contributed by atoms with Crippen LogP contribution in [-0.2, 0) is 28.8 Å². The van der Waals surface area contributed by atoms with Gasteiger partial charge >= 0.3 is 17.9 Å². The van der Waals surface area contributed by atoms with Gasteiger partial charge in [0, 0.05) is 6.54 Å². The maximum Gasteiger partial charge on any atom is 0.326 e. The van der Waals surface area contributed by atoms with Crippen LogP contribution in [0.15, 0.2) is 0 Å². The number of carboxylic acids is 3. The van der Waals surface area contributed by atoms with E-state index in [0.717, 1.165) is 4.90 Å². The molecule has 0 saturated carbocycles. The zero-order chi connectivity index (χ0) is 23.9. The summed E-state index contributed by atoms with van der Waals surface area (Å²) in [6, 6.07) is -5.31. The lowest BCUT2D eigenvalue weighted by molar-refractivity contribution is -0.150. The van der Waals surface area contributed by atoms with E-state index in [1.54, 1.807) is 13.8 Å². The summed E-state index contributed by atoms with van der Waals surface area (Å²) < 4.78 is 0. The number of nitrogens with zero attached hydrogens (tertiary/aromatic N) is 1. The van der Waals surface area contributed by atoms with E-state index >= 15 is 0 Å². The highest BCUT2D eigenvalue weighted by atomic mass is 16.4. The monoisotopic (exact) mass is 444 g/mol. The van der Waals surface area contributed by atoms with Crippen molar-refractivity contribution in [2.75, 3.05) is 6.54 Å². The van der Waals surface area contributed by atoms with Gasteiger partial charge in [-0.3, -0.25) is 24.0 Å². The number of nitrogens with one attached hydrogen (secondary N) is 2. The van der Waals surface area contributed by atoms with E-state index in [9.17, 15) is 33.9 Å². The second kappa shape index (κ2) is 11.2. The van der Waals surface area contributed by atoms with Crippen LogP contribution in [0.3, 0.4) is 0 Å². The van der Waals surface area contributed by atoms with E-state index in [1.807, 2.05) is 0 Å². The van der Waals surface area contributed by atoms with Crippen LogP contribution in [0.2, 0.25) is 0 Å². The standard InChI is InChI=1S/C18H28N4O9/c1-8(2)14(17(29)22-5-3-4-11(22)18(30)31)21-16(28)10(7-13(25)26)20-15(27)9(19)6-12(23)24/h8-11,14H,3-7,19H2,1-2H3,(H,20,27)(H,21,28)(H,23,24)(H,25,26)(H,30,31). The van der Waals surface area contributed by atoms with Crippen molar-refractivity contribution in [3.05, 3.63) is 0 Å². The van der Waals surface area contributed by atoms with Gasteiger partial charge in [0.05, 0.1) is 18.9 Å². The lowest BCUT2D eigenvalue weighted by Crippen LogP contribution is -2.58. The molecule has 1 rings (SSSR count). The predicted molar refractivity (Wildman–Crippen MR) is 104 cm³/mol. The van der Waals surface area contributed by atoms with Crippen molar-refractivity contribution in [2.24, 2.45) is 11.7 Å². The maximum atomic E-state index is 12.9. The number of amides is 3. The SMILES string of the molecule is CC(C)C(NC(=O)C(CC(=O)O)NC(=O)C(N)CC(=O)O)C(=O)N1CCCC1C(=O)O. The Balaban J connectivity index is 2.97. The highest BCUT2D eigenvalue weighted by Gasteiger charge is 2.39. The molecule has 1 fully saturated rings. The van der Waals surface area contributed by atoms with E-state index < -0.39 is 78.6 Å². The molecule has 0 aromatic rings. The summed E-state index contributed by atoms with van der Waals surface area (Å²) in [5, 5.41) is 31.5. The molecule has 13 heteroatoms. The number of nitrogens with two attached hydrogens (primary N) is 1. The summed E-state index contributed by atoms with van der Waals surface area (Å²) in [6.45, 7) is 3.43. The van der Waals surface area contributed by atoms with Crippen molar-refractivity contribution < 1.29 is 44.1 Å². The van der Waals surface area contributed by atoms with Crippen LogP contribution < -0.4 is 16.4 Å². The van der Waals surface area contributed by atoms with Crippen LogP contribution in [0.25, 0.3) is 0 Å². The zero-order valence-corrected chi connectivity index (χ0v) is 17.2. The molecule has 7 N–H and O–H groups in total. The van der Waals surface area contributed by atoms with Crippen LogP contribution in [-0.4, -0.2) is 86.6 Å². The molecule has 1 saturated heterocycles. The first-order valence-electron chi connectivity index (χ1n) is 9.68. The minimum absolute atomic E-state index is 0.203. The molecule has 3 amide bonds. The van der Waals surface area contributed by atoms with E-state index in [4.69, 9.17) is 15.9 Å². The normalized spacial score (nSPS) is 18.7. The average molecular weight is 444 g/mol. The van der Waals surface area contributed by atoms with E-state index in [1.165, 1.54) is 0 Å². The lowest BCUT2D eigenvalue weighted by Gasteiger charge is -2.30. The molecule has 1 heterocycles. The third-order valence-electron chi connectivity index (χ3n) is 4.79. The largest absolute Gasteiger partial charge is 0.481 e. The first-order chi connectivity index (χ1) is 14.3. The summed E-state index contributed by atoms with van der Waals surface area (Å²) in [7, 11) is 0. The predicted octanol–water partition coefficient (Wildman–Crippen LogP) is -2.04. The second-order valence-electron chi connectivity index (χ2n) is 7.62. The van der Waals surface area contributed by atoms with Gasteiger partial charge in [0.1, 0.15) is 18.1 Å². The van der Waals surface area contributed by atoms with E-state index in [-0.39, 0.29) is 13.0 Å². The summed E-state index contributed by atoms with van der Waals surface area (Å²) >= 11 is 0. The molecule has 0 bridgehead atoms. The molecule has 1 aliphatic heterocycles. The van der Waals surface area contributed by atoms with Crippen molar-refractivity contribution in [3.63, 3.8) is 0 Å². The maximum absolute atomic E-state index is 12.9. The van der Waals surface area contributed by atoms with Crippen molar-refractivity contribution in [1.82, 2.24) is 15.5 Å². The van der Waals surface area contributed by atoms with Crippen LogP contribution in [0, 0.1) is 5.92 Å². The highest BCUT2D eigenvalue weighted by molar-refractivity contribution is 5.96. The van der Waals surface area contributed by atoms with Crippen molar-refractivity contribution in [2.45, 2.75) is 63.7 Å². The first kappa shape index (κ1) is 25.8. The molecule has 4 unspecified atom stereocenters. The van der Waals surface area contributed by atoms with Gasteiger partial charge in [-0.2, -0.15) is 0 Å². The molecule has 0 aromatic heterocycles. The fourth-order valence-corrected chi connectivity index (χ4v) is 3.18. The summed E-state index contributed by atoms with van der Waals surface area (Å²) in [5.74, 6) is -7.07. The Bertz CT molecular complexity index is 740. The molecule has 0 aliphatic carbocycles. The average Bonchev–Trinajstić information content (AvgIpc) is 3.13.